The van der Waals surface area contributed by atoms with Crippen molar-refractivity contribution in [2.24, 2.45) is 0 Å². The maximum atomic E-state index is 12.5. The monoisotopic (exact) mass is 506 g/mol. The highest BCUT2D eigenvalue weighted by molar-refractivity contribution is 7.80. The molecule has 0 radical (unpaired) electrons. The van der Waals surface area contributed by atoms with Crippen molar-refractivity contribution in [3.05, 3.63) is 62.7 Å². The van der Waals surface area contributed by atoms with E-state index >= 15 is 0 Å². The van der Waals surface area contributed by atoms with Crippen LogP contribution in [0.25, 0.3) is 0 Å². The molecule has 1 N–H and O–H groups in total. The maximum Gasteiger partial charge on any atom is 0.338 e. The zero-order chi connectivity index (χ0) is 24.8. The number of hydrogen-bond acceptors (Lipinski definition) is 8. The molecule has 0 bridgehead atoms. The number of halogens is 1. The summed E-state index contributed by atoms with van der Waals surface area (Å²) in [6.07, 6.45) is 0. The summed E-state index contributed by atoms with van der Waals surface area (Å²) in [6.45, 7) is 3.60. The number of amides is 1. The van der Waals surface area contributed by atoms with Gasteiger partial charge in [0.2, 0.25) is 0 Å². The minimum atomic E-state index is -0.610. The van der Waals surface area contributed by atoms with Gasteiger partial charge in [0.1, 0.15) is 11.4 Å². The highest BCUT2D eigenvalue weighted by Gasteiger charge is 2.27. The molecule has 1 heterocycles. The number of nitrogens with one attached hydrogen (secondary N) is 1. The molecule has 1 saturated heterocycles. The van der Waals surface area contributed by atoms with Gasteiger partial charge >= 0.3 is 5.97 Å². The number of nitro benzene ring substituents is 1. The predicted octanol–water partition coefficient (Wildman–Crippen LogP) is 3.27. The second-order valence-corrected chi connectivity index (χ2v) is 8.06. The Morgan fingerprint density at radius 2 is 1.82 bits per heavy atom. The van der Waals surface area contributed by atoms with Crippen molar-refractivity contribution in [3.8, 4) is 5.75 Å². The molecule has 1 aliphatic rings. The number of benzene rings is 2. The zero-order valence-corrected chi connectivity index (χ0v) is 20.1. The first-order valence-electron chi connectivity index (χ1n) is 10.4. The lowest BCUT2D eigenvalue weighted by atomic mass is 10.1. The molecule has 0 unspecified atom stereocenters. The van der Waals surface area contributed by atoms with Gasteiger partial charge in [-0.2, -0.15) is 0 Å². The van der Waals surface area contributed by atoms with Gasteiger partial charge in [-0.25, -0.2) is 4.79 Å². The molecule has 1 aliphatic heterocycles. The number of thiocarbonyl (C=S) groups is 1. The third-order valence-electron chi connectivity index (χ3n) is 5.23. The van der Waals surface area contributed by atoms with E-state index in [0.717, 1.165) is 0 Å². The largest absolute Gasteiger partial charge is 0.495 e. The summed E-state index contributed by atoms with van der Waals surface area (Å²) in [4.78, 5) is 39.2. The molecule has 0 atom stereocenters. The molecule has 0 aliphatic carbocycles. The Labute approximate surface area is 206 Å². The quantitative estimate of drug-likeness (QED) is 0.273. The summed E-state index contributed by atoms with van der Waals surface area (Å²) in [5, 5.41) is 14.9. The highest BCUT2D eigenvalue weighted by Crippen LogP contribution is 2.30. The van der Waals surface area contributed by atoms with Gasteiger partial charge in [0.25, 0.3) is 11.6 Å². The van der Waals surface area contributed by atoms with Crippen molar-refractivity contribution < 1.29 is 24.0 Å². The van der Waals surface area contributed by atoms with Crippen LogP contribution in [-0.2, 0) is 4.74 Å². The molecule has 2 aromatic carbocycles. The van der Waals surface area contributed by atoms with Crippen LogP contribution in [0.1, 0.15) is 27.6 Å². The molecule has 12 heteroatoms. The van der Waals surface area contributed by atoms with E-state index in [0.29, 0.717) is 48.2 Å². The van der Waals surface area contributed by atoms with Crippen LogP contribution in [0.15, 0.2) is 36.4 Å². The lowest BCUT2D eigenvalue weighted by molar-refractivity contribution is -0.384. The van der Waals surface area contributed by atoms with Crippen LogP contribution in [0.2, 0.25) is 5.02 Å². The lowest BCUT2D eigenvalue weighted by Gasteiger charge is -2.37. The van der Waals surface area contributed by atoms with E-state index in [-0.39, 0.29) is 23.0 Å². The number of carbonyl (C=O) groups excluding carboxylic acids is 2. The third kappa shape index (κ3) is 5.72. The summed E-state index contributed by atoms with van der Waals surface area (Å²) in [5.74, 6) is -0.551. The number of ether oxygens (including phenoxy) is 2. The van der Waals surface area contributed by atoms with Crippen LogP contribution in [-0.4, -0.2) is 66.7 Å². The standard InChI is InChI=1S/C22H23ClN4O6S/c1-3-33-21(29)15-4-6-17(18(13-15)27(30)31)25-8-10-26(11-9-25)22(34)24-20(28)14-5-7-19(32-2)16(23)12-14/h4-7,12-13H,3,8-11H2,1-2H3,(H,24,28,34). The Balaban J connectivity index is 1.64. The van der Waals surface area contributed by atoms with Crippen LogP contribution in [0.5, 0.6) is 5.75 Å². The van der Waals surface area contributed by atoms with Gasteiger partial charge in [0.15, 0.2) is 5.11 Å². The van der Waals surface area contributed by atoms with Crippen LogP contribution in [0, 0.1) is 10.1 Å². The van der Waals surface area contributed by atoms with E-state index < -0.39 is 16.8 Å². The van der Waals surface area contributed by atoms with Gasteiger partial charge in [0, 0.05) is 37.8 Å². The Kier molecular flexibility index (Phi) is 8.24. The normalized spacial score (nSPS) is 13.3. The number of hydrogen-bond donors (Lipinski definition) is 1. The number of methoxy groups -OCH3 is 1. The molecular weight excluding hydrogens is 484 g/mol. The second-order valence-electron chi connectivity index (χ2n) is 7.26. The summed E-state index contributed by atoms with van der Waals surface area (Å²) in [7, 11) is 1.49. The SMILES string of the molecule is CCOC(=O)c1ccc(N2CCN(C(=S)NC(=O)c3ccc(OC)c(Cl)c3)CC2)c([N+](=O)[O-])c1. The molecule has 1 amide bonds. The summed E-state index contributed by atoms with van der Waals surface area (Å²) in [6, 6.07) is 8.96. The average molecular weight is 507 g/mol. The van der Waals surface area contributed by atoms with Crippen LogP contribution < -0.4 is 15.0 Å². The molecule has 2 aromatic rings. The first-order valence-corrected chi connectivity index (χ1v) is 11.2. The lowest BCUT2D eigenvalue weighted by Crippen LogP contribution is -2.52. The Bertz CT molecular complexity index is 1120. The first-order chi connectivity index (χ1) is 16.2. The molecule has 180 valence electrons. The second kappa shape index (κ2) is 11.1. The summed E-state index contributed by atoms with van der Waals surface area (Å²) < 4.78 is 10.0. The van der Waals surface area contributed by atoms with Crippen molar-refractivity contribution in [1.29, 1.82) is 0 Å². The van der Waals surface area contributed by atoms with Gasteiger partial charge < -0.3 is 19.3 Å². The van der Waals surface area contributed by atoms with E-state index in [1.165, 1.54) is 25.3 Å². The molecule has 0 aromatic heterocycles. The zero-order valence-electron chi connectivity index (χ0n) is 18.6. The first kappa shape index (κ1) is 25.2. The van der Waals surface area contributed by atoms with E-state index in [4.69, 9.17) is 33.3 Å². The minimum absolute atomic E-state index is 0.124. The number of nitrogens with zero attached hydrogens (tertiary/aromatic N) is 3. The number of piperazine rings is 1. The number of anilines is 1. The molecule has 0 saturated carbocycles. The Morgan fingerprint density at radius 1 is 1.15 bits per heavy atom. The maximum absolute atomic E-state index is 12.5. The van der Waals surface area contributed by atoms with Crippen molar-refractivity contribution in [2.45, 2.75) is 6.92 Å². The van der Waals surface area contributed by atoms with E-state index in [1.807, 2.05) is 9.80 Å². The smallest absolute Gasteiger partial charge is 0.338 e. The number of rotatable bonds is 6. The molecular formula is C22H23ClN4O6S. The molecule has 10 nitrogen and oxygen atoms in total. The van der Waals surface area contributed by atoms with E-state index in [9.17, 15) is 19.7 Å². The van der Waals surface area contributed by atoms with Crippen molar-refractivity contribution >= 4 is 52.2 Å². The molecule has 1 fully saturated rings. The van der Waals surface area contributed by atoms with Gasteiger partial charge in [-0.1, -0.05) is 11.6 Å². The van der Waals surface area contributed by atoms with Crippen molar-refractivity contribution in [1.82, 2.24) is 10.2 Å². The van der Waals surface area contributed by atoms with Gasteiger partial charge in [-0.15, -0.1) is 0 Å². The topological polar surface area (TPSA) is 114 Å². The van der Waals surface area contributed by atoms with Crippen molar-refractivity contribution in [3.63, 3.8) is 0 Å². The van der Waals surface area contributed by atoms with Crippen LogP contribution in [0.3, 0.4) is 0 Å². The molecule has 34 heavy (non-hydrogen) atoms. The fraction of sp³-hybridized carbons (Fsp3) is 0.318. The minimum Gasteiger partial charge on any atom is -0.495 e. The van der Waals surface area contributed by atoms with Crippen molar-refractivity contribution in [2.75, 3.05) is 44.8 Å². The number of carbonyl (C=O) groups is 2. The number of nitro groups is 1. The van der Waals surface area contributed by atoms with Crippen LogP contribution in [0.4, 0.5) is 11.4 Å². The Hall–Kier alpha value is -3.44. The highest BCUT2D eigenvalue weighted by atomic mass is 35.5. The fourth-order valence-electron chi connectivity index (χ4n) is 3.48. The average Bonchev–Trinajstić information content (AvgIpc) is 2.83. The van der Waals surface area contributed by atoms with Gasteiger partial charge in [-0.05, 0) is 49.5 Å². The number of esters is 1. The third-order valence-corrected chi connectivity index (χ3v) is 5.88. The van der Waals surface area contributed by atoms with Gasteiger partial charge in [0.05, 0.1) is 29.2 Å². The molecule has 0 spiro atoms. The van der Waals surface area contributed by atoms with Crippen LogP contribution >= 0.6 is 23.8 Å². The fourth-order valence-corrected chi connectivity index (χ4v) is 4.02. The molecule has 3 rings (SSSR count). The predicted molar refractivity (Wildman–Crippen MR) is 131 cm³/mol. The van der Waals surface area contributed by atoms with E-state index in [1.54, 1.807) is 25.1 Å². The summed E-state index contributed by atoms with van der Waals surface area (Å²) >= 11 is 11.5. The van der Waals surface area contributed by atoms with Gasteiger partial charge in [-0.3, -0.25) is 20.2 Å². The summed E-state index contributed by atoms with van der Waals surface area (Å²) in [5.41, 5.74) is 0.689. The Morgan fingerprint density at radius 3 is 2.41 bits per heavy atom. The van der Waals surface area contributed by atoms with E-state index in [2.05, 4.69) is 5.32 Å².